The Balaban J connectivity index is 2.43. The molecule has 1 aliphatic rings. The van der Waals surface area contributed by atoms with E-state index in [0.29, 0.717) is 0 Å². The van der Waals surface area contributed by atoms with Gasteiger partial charge in [0.05, 0.1) is 11.6 Å². The van der Waals surface area contributed by atoms with E-state index < -0.39 is 38.9 Å². The summed E-state index contributed by atoms with van der Waals surface area (Å²) >= 11 is 0. The number of allylic oxidation sites excluding steroid dienone is 3. The average Bonchev–Trinajstić information content (AvgIpc) is 2.61. The van der Waals surface area contributed by atoms with Crippen LogP contribution in [0.2, 0.25) is 0 Å². The van der Waals surface area contributed by atoms with Crippen molar-refractivity contribution in [3.63, 3.8) is 0 Å². The van der Waals surface area contributed by atoms with Gasteiger partial charge in [-0.1, -0.05) is 0 Å². The molecular weight excluding hydrogens is 404 g/mol. The van der Waals surface area contributed by atoms with E-state index in [0.717, 1.165) is 22.5 Å². The van der Waals surface area contributed by atoms with Crippen LogP contribution in [0.3, 0.4) is 0 Å². The van der Waals surface area contributed by atoms with Crippen molar-refractivity contribution >= 4 is 34.3 Å². The molecule has 0 aliphatic carbocycles. The topological polar surface area (TPSA) is 117 Å². The third-order valence-corrected chi connectivity index (χ3v) is 6.19. The Morgan fingerprint density at radius 2 is 2.10 bits per heavy atom. The lowest BCUT2D eigenvalue weighted by Gasteiger charge is -2.34. The van der Waals surface area contributed by atoms with Crippen LogP contribution in [0.4, 0.5) is 14.5 Å². The van der Waals surface area contributed by atoms with Crippen LogP contribution in [0.25, 0.3) is 0 Å². The van der Waals surface area contributed by atoms with Gasteiger partial charge in [0, 0.05) is 18.3 Å². The van der Waals surface area contributed by atoms with Crippen LogP contribution in [-0.4, -0.2) is 44.1 Å². The Bertz CT molecular complexity index is 1050. The molecule has 0 aromatic heterocycles. The van der Waals surface area contributed by atoms with Gasteiger partial charge in [-0.15, -0.1) is 0 Å². The molecule has 1 heterocycles. The summed E-state index contributed by atoms with van der Waals surface area (Å²) in [6, 6.07) is 3.62. The molecule has 29 heavy (non-hydrogen) atoms. The lowest BCUT2D eigenvalue weighted by Crippen LogP contribution is -2.50. The molecule has 156 valence electrons. The number of nitrogens with zero attached hydrogens (tertiary/aromatic N) is 3. The molecule has 0 unspecified atom stereocenters. The summed E-state index contributed by atoms with van der Waals surface area (Å²) in [7, 11) is -2.55. The molecule has 1 aromatic rings. The summed E-state index contributed by atoms with van der Waals surface area (Å²) in [4.78, 5) is 20.0. The largest absolute Gasteiger partial charge is 0.369 e. The zero-order valence-corrected chi connectivity index (χ0v) is 16.9. The van der Waals surface area contributed by atoms with Gasteiger partial charge in [0.2, 0.25) is 16.0 Å². The van der Waals surface area contributed by atoms with Gasteiger partial charge in [-0.25, -0.2) is 26.5 Å². The molecule has 1 aromatic carbocycles. The van der Waals surface area contributed by atoms with E-state index in [9.17, 15) is 22.0 Å². The lowest BCUT2D eigenvalue weighted by molar-refractivity contribution is -0.112. The molecule has 8 nitrogen and oxygen atoms in total. The minimum Gasteiger partial charge on any atom is -0.369 e. The highest BCUT2D eigenvalue weighted by Gasteiger charge is 2.41. The van der Waals surface area contributed by atoms with E-state index in [1.54, 1.807) is 0 Å². The highest BCUT2D eigenvalue weighted by Crippen LogP contribution is 2.34. The minimum absolute atomic E-state index is 0.0634. The van der Waals surface area contributed by atoms with Crippen molar-refractivity contribution in [1.29, 1.82) is 0 Å². The van der Waals surface area contributed by atoms with Crippen molar-refractivity contribution in [3.05, 3.63) is 53.3 Å². The highest BCUT2D eigenvalue weighted by atomic mass is 32.2. The first-order valence-corrected chi connectivity index (χ1v) is 9.94. The number of benzene rings is 1. The summed E-state index contributed by atoms with van der Waals surface area (Å²) in [5, 5.41) is 2.48. The molecule has 0 fully saturated rings. The standard InChI is InChI=1S/C18H21F2N5O3S/c1-11(19)5-8-15(22-3)16(26)23-12-6-7-14(20)13(9-12)18(2)10-29(27,28)25(4)17(21)24-18/h5-9H,3,10H2,1-2,4H3,(H2,21,24)(H,23,26)/b11-5+,15-8-/t18-/m0/s1. The number of anilines is 1. The average molecular weight is 425 g/mol. The summed E-state index contributed by atoms with van der Waals surface area (Å²) < 4.78 is 52.9. The maximum atomic E-state index is 14.5. The second kappa shape index (κ2) is 8.11. The molecule has 1 amide bonds. The molecular formula is C18H21F2N5O3S. The Morgan fingerprint density at radius 1 is 1.45 bits per heavy atom. The predicted octanol–water partition coefficient (Wildman–Crippen LogP) is 2.03. The van der Waals surface area contributed by atoms with Gasteiger partial charge in [-0.2, -0.15) is 0 Å². The third-order valence-electron chi connectivity index (χ3n) is 4.24. The maximum Gasteiger partial charge on any atom is 0.274 e. The zero-order chi connectivity index (χ0) is 22.0. The number of aliphatic imine (C=N–C) groups is 2. The molecule has 0 radical (unpaired) electrons. The Kier molecular flexibility index (Phi) is 6.21. The number of amides is 1. The monoisotopic (exact) mass is 425 g/mol. The van der Waals surface area contributed by atoms with Gasteiger partial charge in [-0.3, -0.25) is 9.79 Å². The van der Waals surface area contributed by atoms with Crippen LogP contribution in [0.15, 0.2) is 51.9 Å². The van der Waals surface area contributed by atoms with Crippen LogP contribution < -0.4 is 11.1 Å². The van der Waals surface area contributed by atoms with Crippen LogP contribution in [0, 0.1) is 5.82 Å². The first kappa shape index (κ1) is 22.2. The fourth-order valence-electron chi connectivity index (χ4n) is 2.69. The SMILES string of the molecule is C=N/C(=C\C=C(/C)F)C(=O)Nc1ccc(F)c([C@]2(C)CS(=O)(=O)N(C)C(N)=N2)c1. The zero-order valence-electron chi connectivity index (χ0n) is 16.1. The van der Waals surface area contributed by atoms with Gasteiger partial charge < -0.3 is 11.1 Å². The second-order valence-electron chi connectivity index (χ2n) is 6.58. The van der Waals surface area contributed by atoms with Crippen molar-refractivity contribution in [2.75, 3.05) is 18.1 Å². The van der Waals surface area contributed by atoms with Crippen LogP contribution in [0.1, 0.15) is 19.4 Å². The number of sulfonamides is 1. The van der Waals surface area contributed by atoms with E-state index in [1.807, 2.05) is 0 Å². The highest BCUT2D eigenvalue weighted by molar-refractivity contribution is 7.89. The molecule has 0 saturated heterocycles. The van der Waals surface area contributed by atoms with Crippen molar-refractivity contribution in [3.8, 4) is 0 Å². The van der Waals surface area contributed by atoms with E-state index in [1.165, 1.54) is 33.0 Å². The Labute approximate surface area is 167 Å². The third kappa shape index (κ3) is 4.86. The van der Waals surface area contributed by atoms with Crippen molar-refractivity contribution < 1.29 is 22.0 Å². The van der Waals surface area contributed by atoms with E-state index in [-0.39, 0.29) is 22.9 Å². The molecule has 0 saturated carbocycles. The molecule has 3 N–H and O–H groups in total. The lowest BCUT2D eigenvalue weighted by atomic mass is 9.93. The normalized spacial score (nSPS) is 22.1. The Hall–Kier alpha value is -3.08. The Morgan fingerprint density at radius 3 is 2.66 bits per heavy atom. The minimum atomic E-state index is -3.80. The smallest absolute Gasteiger partial charge is 0.274 e. The van der Waals surface area contributed by atoms with Gasteiger partial charge in [0.15, 0.2) is 0 Å². The number of nitrogens with two attached hydrogens (primary N) is 1. The first-order valence-electron chi connectivity index (χ1n) is 8.34. The van der Waals surface area contributed by atoms with Gasteiger partial charge >= 0.3 is 0 Å². The molecule has 11 heteroatoms. The molecule has 1 aliphatic heterocycles. The summed E-state index contributed by atoms with van der Waals surface area (Å²) in [5.74, 6) is -2.74. The van der Waals surface area contributed by atoms with E-state index >= 15 is 0 Å². The van der Waals surface area contributed by atoms with Crippen molar-refractivity contribution in [2.45, 2.75) is 19.4 Å². The predicted molar refractivity (Wildman–Crippen MR) is 108 cm³/mol. The number of hydrogen-bond donors (Lipinski definition) is 2. The quantitative estimate of drug-likeness (QED) is 0.426. The van der Waals surface area contributed by atoms with Crippen molar-refractivity contribution in [1.82, 2.24) is 4.31 Å². The number of hydrogen-bond acceptors (Lipinski definition) is 6. The number of carbonyl (C=O) groups is 1. The van der Waals surface area contributed by atoms with Gasteiger partial charge in [-0.05, 0) is 50.9 Å². The fourth-order valence-corrected chi connectivity index (χ4v) is 4.14. The van der Waals surface area contributed by atoms with Crippen LogP contribution in [-0.2, 0) is 20.4 Å². The summed E-state index contributed by atoms with van der Waals surface area (Å²) in [6.07, 6.45) is 2.18. The van der Waals surface area contributed by atoms with Crippen molar-refractivity contribution in [2.24, 2.45) is 15.7 Å². The van der Waals surface area contributed by atoms with Crippen LogP contribution >= 0.6 is 0 Å². The first-order chi connectivity index (χ1) is 13.4. The van der Waals surface area contributed by atoms with Gasteiger partial charge in [0.25, 0.3) is 5.91 Å². The fraction of sp³-hybridized carbons (Fsp3) is 0.278. The van der Waals surface area contributed by atoms with E-state index in [2.05, 4.69) is 22.0 Å². The molecule has 0 spiro atoms. The maximum absolute atomic E-state index is 14.5. The second-order valence-corrected chi connectivity index (χ2v) is 8.58. The van der Waals surface area contributed by atoms with Gasteiger partial charge in [0.1, 0.15) is 17.1 Å². The summed E-state index contributed by atoms with van der Waals surface area (Å²) in [6.45, 7) is 5.88. The number of halogens is 2. The number of guanidine groups is 1. The number of carbonyl (C=O) groups excluding carboxylic acids is 1. The number of rotatable bonds is 5. The molecule has 1 atom stereocenters. The number of nitrogens with one attached hydrogen (secondary N) is 1. The van der Waals surface area contributed by atoms with E-state index in [4.69, 9.17) is 5.73 Å². The van der Waals surface area contributed by atoms with Crippen LogP contribution in [0.5, 0.6) is 0 Å². The molecule has 0 bridgehead atoms. The molecule has 2 rings (SSSR count). The summed E-state index contributed by atoms with van der Waals surface area (Å²) in [5.41, 5.74) is 4.13.